The summed E-state index contributed by atoms with van der Waals surface area (Å²) in [5, 5.41) is 9.90. The number of aromatic nitrogens is 2. The van der Waals surface area contributed by atoms with E-state index in [2.05, 4.69) is 10.2 Å². The van der Waals surface area contributed by atoms with E-state index in [1.807, 2.05) is 27.0 Å². The van der Waals surface area contributed by atoms with Crippen molar-refractivity contribution in [3.63, 3.8) is 0 Å². The molecule has 2 heterocycles. The van der Waals surface area contributed by atoms with Gasteiger partial charge in [0.1, 0.15) is 0 Å². The number of carbonyl (C=O) groups is 1. The molecule has 0 unspecified atom stereocenters. The summed E-state index contributed by atoms with van der Waals surface area (Å²) in [5.41, 5.74) is 1.71. The fourth-order valence-corrected chi connectivity index (χ4v) is 1.65. The van der Waals surface area contributed by atoms with Gasteiger partial charge in [-0.15, -0.1) is 0 Å². The lowest BCUT2D eigenvalue weighted by Crippen LogP contribution is -2.27. The van der Waals surface area contributed by atoms with Gasteiger partial charge in [0.15, 0.2) is 0 Å². The number of rotatable bonds is 2. The zero-order chi connectivity index (χ0) is 11.0. The van der Waals surface area contributed by atoms with E-state index < -0.39 is 0 Å². The van der Waals surface area contributed by atoms with E-state index >= 15 is 0 Å². The normalized spacial score (nSPS) is 16.4. The van der Waals surface area contributed by atoms with Crippen LogP contribution in [0.4, 0.5) is 0 Å². The standard InChI is InChI=1S/C10H14N4O/c1-7(2)14-10(15)6-8(12-14)9-4-5-11-13(9)3/h4-5,7H,6H2,1-3H3. The maximum Gasteiger partial charge on any atom is 0.249 e. The third-order valence-electron chi connectivity index (χ3n) is 2.41. The molecule has 0 atom stereocenters. The second-order valence-corrected chi connectivity index (χ2v) is 3.90. The molecule has 1 amide bonds. The summed E-state index contributed by atoms with van der Waals surface area (Å²) in [6, 6.07) is 1.99. The second-order valence-electron chi connectivity index (χ2n) is 3.90. The summed E-state index contributed by atoms with van der Waals surface area (Å²) in [4.78, 5) is 11.6. The van der Waals surface area contributed by atoms with Crippen LogP contribution < -0.4 is 0 Å². The van der Waals surface area contributed by atoms with Crippen molar-refractivity contribution >= 4 is 11.6 Å². The summed E-state index contributed by atoms with van der Waals surface area (Å²) in [6.45, 7) is 3.90. The van der Waals surface area contributed by atoms with Gasteiger partial charge in [0.2, 0.25) is 5.91 Å². The highest BCUT2D eigenvalue weighted by atomic mass is 16.2. The van der Waals surface area contributed by atoms with Crippen molar-refractivity contribution in [2.45, 2.75) is 26.3 Å². The summed E-state index contributed by atoms with van der Waals surface area (Å²) in [7, 11) is 1.85. The largest absolute Gasteiger partial charge is 0.272 e. The fourth-order valence-electron chi connectivity index (χ4n) is 1.65. The van der Waals surface area contributed by atoms with E-state index in [0.717, 1.165) is 11.4 Å². The summed E-state index contributed by atoms with van der Waals surface area (Å²) in [5.74, 6) is 0.0567. The molecule has 5 nitrogen and oxygen atoms in total. The molecule has 0 fully saturated rings. The van der Waals surface area contributed by atoms with Crippen LogP contribution in [-0.4, -0.2) is 32.5 Å². The Labute approximate surface area is 88.4 Å². The van der Waals surface area contributed by atoms with E-state index in [0.29, 0.717) is 6.42 Å². The molecule has 0 N–H and O–H groups in total. The fraction of sp³-hybridized carbons (Fsp3) is 0.500. The number of nitrogens with zero attached hydrogens (tertiary/aromatic N) is 4. The molecular formula is C10H14N4O. The van der Waals surface area contributed by atoms with E-state index in [4.69, 9.17) is 0 Å². The summed E-state index contributed by atoms with van der Waals surface area (Å²) in [6.07, 6.45) is 2.08. The third kappa shape index (κ3) is 1.65. The van der Waals surface area contributed by atoms with Crippen LogP contribution in [-0.2, 0) is 11.8 Å². The Morgan fingerprint density at radius 2 is 2.20 bits per heavy atom. The van der Waals surface area contributed by atoms with E-state index in [9.17, 15) is 4.79 Å². The van der Waals surface area contributed by atoms with Crippen molar-refractivity contribution < 1.29 is 4.79 Å². The highest BCUT2D eigenvalue weighted by Gasteiger charge is 2.27. The van der Waals surface area contributed by atoms with Crippen LogP contribution >= 0.6 is 0 Å². The van der Waals surface area contributed by atoms with Gasteiger partial charge >= 0.3 is 0 Å². The maximum absolute atomic E-state index is 11.6. The van der Waals surface area contributed by atoms with Crippen LogP contribution in [0.2, 0.25) is 0 Å². The minimum absolute atomic E-state index is 0.0567. The van der Waals surface area contributed by atoms with Gasteiger partial charge in [0.25, 0.3) is 0 Å². The minimum atomic E-state index is 0.0567. The van der Waals surface area contributed by atoms with Gasteiger partial charge in [-0.3, -0.25) is 9.48 Å². The van der Waals surface area contributed by atoms with Gasteiger partial charge in [-0.25, -0.2) is 5.01 Å². The van der Waals surface area contributed by atoms with Gasteiger partial charge in [0, 0.05) is 19.3 Å². The Bertz CT molecular complexity index is 419. The zero-order valence-corrected chi connectivity index (χ0v) is 9.14. The van der Waals surface area contributed by atoms with Crippen LogP contribution in [0, 0.1) is 0 Å². The monoisotopic (exact) mass is 206 g/mol. The smallest absolute Gasteiger partial charge is 0.249 e. The average Bonchev–Trinajstić information content (AvgIpc) is 2.71. The SMILES string of the molecule is CC(C)N1N=C(c2ccnn2C)CC1=O. The minimum Gasteiger partial charge on any atom is -0.272 e. The third-order valence-corrected chi connectivity index (χ3v) is 2.41. The first kappa shape index (κ1) is 9.89. The first-order valence-corrected chi connectivity index (χ1v) is 4.97. The van der Waals surface area contributed by atoms with Gasteiger partial charge in [-0.1, -0.05) is 0 Å². The van der Waals surface area contributed by atoms with Crippen molar-refractivity contribution in [3.05, 3.63) is 18.0 Å². The maximum atomic E-state index is 11.6. The molecule has 1 aromatic heterocycles. The van der Waals surface area contributed by atoms with Crippen LogP contribution in [0.25, 0.3) is 0 Å². The Balaban J connectivity index is 2.30. The van der Waals surface area contributed by atoms with Crippen LogP contribution in [0.5, 0.6) is 0 Å². The highest BCUT2D eigenvalue weighted by molar-refractivity contribution is 6.12. The number of carbonyl (C=O) groups excluding carboxylic acids is 1. The number of hydrogen-bond donors (Lipinski definition) is 0. The first-order chi connectivity index (χ1) is 7.09. The lowest BCUT2D eigenvalue weighted by molar-refractivity contribution is -0.130. The number of amides is 1. The van der Waals surface area contributed by atoms with Crippen molar-refractivity contribution in [1.29, 1.82) is 0 Å². The van der Waals surface area contributed by atoms with Crippen molar-refractivity contribution in [3.8, 4) is 0 Å². The molecule has 0 aromatic carbocycles. The molecule has 0 radical (unpaired) electrons. The number of hydrogen-bond acceptors (Lipinski definition) is 3. The molecular weight excluding hydrogens is 192 g/mol. The Morgan fingerprint density at radius 1 is 1.47 bits per heavy atom. The first-order valence-electron chi connectivity index (χ1n) is 4.97. The lowest BCUT2D eigenvalue weighted by atomic mass is 10.2. The quantitative estimate of drug-likeness (QED) is 0.717. The van der Waals surface area contributed by atoms with Crippen molar-refractivity contribution in [1.82, 2.24) is 14.8 Å². The predicted molar refractivity (Wildman–Crippen MR) is 56.3 cm³/mol. The Morgan fingerprint density at radius 3 is 2.67 bits per heavy atom. The molecule has 1 aromatic rings. The van der Waals surface area contributed by atoms with Crippen molar-refractivity contribution in [2.75, 3.05) is 0 Å². The molecule has 0 spiro atoms. The predicted octanol–water partition coefficient (Wildman–Crippen LogP) is 0.765. The second kappa shape index (κ2) is 3.49. The molecule has 0 saturated carbocycles. The van der Waals surface area contributed by atoms with Crippen LogP contribution in [0.3, 0.4) is 0 Å². The van der Waals surface area contributed by atoms with Gasteiger partial charge in [-0.05, 0) is 19.9 Å². The van der Waals surface area contributed by atoms with Gasteiger partial charge in [0.05, 0.1) is 17.8 Å². The molecule has 0 aliphatic carbocycles. The van der Waals surface area contributed by atoms with E-state index in [-0.39, 0.29) is 11.9 Å². The van der Waals surface area contributed by atoms with E-state index in [1.165, 1.54) is 5.01 Å². The highest BCUT2D eigenvalue weighted by Crippen LogP contribution is 2.16. The average molecular weight is 206 g/mol. The van der Waals surface area contributed by atoms with Crippen LogP contribution in [0.1, 0.15) is 26.0 Å². The molecule has 0 bridgehead atoms. The summed E-state index contributed by atoms with van der Waals surface area (Å²) < 4.78 is 1.73. The Kier molecular flexibility index (Phi) is 2.30. The Hall–Kier alpha value is -1.65. The van der Waals surface area contributed by atoms with E-state index in [1.54, 1.807) is 10.9 Å². The van der Waals surface area contributed by atoms with Crippen LogP contribution in [0.15, 0.2) is 17.4 Å². The molecule has 2 rings (SSSR count). The molecule has 5 heteroatoms. The summed E-state index contributed by atoms with van der Waals surface area (Å²) >= 11 is 0. The van der Waals surface area contributed by atoms with Gasteiger partial charge in [-0.2, -0.15) is 10.2 Å². The lowest BCUT2D eigenvalue weighted by Gasteiger charge is -2.15. The molecule has 1 aliphatic heterocycles. The molecule has 15 heavy (non-hydrogen) atoms. The topological polar surface area (TPSA) is 50.5 Å². The molecule has 1 aliphatic rings. The number of aryl methyl sites for hydroxylation is 1. The number of hydrazone groups is 1. The van der Waals surface area contributed by atoms with Gasteiger partial charge < -0.3 is 0 Å². The molecule has 0 saturated heterocycles. The van der Waals surface area contributed by atoms with Crippen molar-refractivity contribution in [2.24, 2.45) is 12.1 Å². The molecule has 80 valence electrons. The zero-order valence-electron chi connectivity index (χ0n) is 9.14.